The summed E-state index contributed by atoms with van der Waals surface area (Å²) in [7, 11) is 0. The molecular weight excluding hydrogens is 164 g/mol. The number of nitrogens with one attached hydrogen (secondary N) is 1. The molecule has 3 N–H and O–H groups in total. The Hall–Kier alpha value is -0.570. The number of hydrogen-bond acceptors (Lipinski definition) is 2. The van der Waals surface area contributed by atoms with Gasteiger partial charge in [0.05, 0.1) is 0 Å². The van der Waals surface area contributed by atoms with E-state index < -0.39 is 0 Å². The molecular formula is C10H22N2O. The van der Waals surface area contributed by atoms with Crippen molar-refractivity contribution < 1.29 is 4.79 Å². The van der Waals surface area contributed by atoms with Gasteiger partial charge >= 0.3 is 0 Å². The van der Waals surface area contributed by atoms with Crippen LogP contribution in [0.15, 0.2) is 0 Å². The van der Waals surface area contributed by atoms with Crippen molar-refractivity contribution in [3.8, 4) is 0 Å². The van der Waals surface area contributed by atoms with E-state index in [0.29, 0.717) is 12.5 Å². The molecule has 0 spiro atoms. The minimum atomic E-state index is 0.0791. The summed E-state index contributed by atoms with van der Waals surface area (Å²) in [5, 5.41) is 2.92. The molecule has 3 nitrogen and oxygen atoms in total. The molecule has 0 aliphatic heterocycles. The molecule has 0 aromatic carbocycles. The van der Waals surface area contributed by atoms with Gasteiger partial charge in [-0.1, -0.05) is 27.2 Å². The molecule has 0 aliphatic rings. The minimum absolute atomic E-state index is 0.0791. The zero-order valence-corrected chi connectivity index (χ0v) is 8.97. The predicted molar refractivity (Wildman–Crippen MR) is 55.3 cm³/mol. The smallest absolute Gasteiger partial charge is 0.222 e. The van der Waals surface area contributed by atoms with Crippen LogP contribution >= 0.6 is 0 Å². The molecule has 0 radical (unpaired) electrons. The lowest BCUT2D eigenvalue weighted by Gasteiger charge is -2.15. The first-order valence-corrected chi connectivity index (χ1v) is 5.09. The van der Waals surface area contributed by atoms with Gasteiger partial charge in [-0.2, -0.15) is 0 Å². The Labute approximate surface area is 81.1 Å². The van der Waals surface area contributed by atoms with E-state index in [4.69, 9.17) is 5.73 Å². The number of rotatable bonds is 6. The van der Waals surface area contributed by atoms with Gasteiger partial charge in [0.2, 0.25) is 5.91 Å². The number of hydrogen-bond donors (Lipinski definition) is 2. The maximum absolute atomic E-state index is 11.2. The fourth-order valence-electron chi connectivity index (χ4n) is 1.14. The third-order valence-corrected chi connectivity index (χ3v) is 2.24. The number of carbonyl (C=O) groups excluding carboxylic acids is 1. The molecule has 78 valence electrons. The lowest BCUT2D eigenvalue weighted by atomic mass is 10.0. The molecule has 0 aromatic heterocycles. The average Bonchev–Trinajstić information content (AvgIpc) is 2.11. The van der Waals surface area contributed by atoms with Gasteiger partial charge in [0.25, 0.3) is 0 Å². The first-order chi connectivity index (χ1) is 6.11. The molecule has 0 aromatic rings. The fourth-order valence-corrected chi connectivity index (χ4v) is 1.14. The normalized spacial score (nSPS) is 13.0. The van der Waals surface area contributed by atoms with Crippen molar-refractivity contribution in [3.05, 3.63) is 0 Å². The monoisotopic (exact) mass is 186 g/mol. The summed E-state index contributed by atoms with van der Waals surface area (Å²) in [4.78, 5) is 11.2. The molecule has 1 atom stereocenters. The molecule has 1 unspecified atom stereocenters. The highest BCUT2D eigenvalue weighted by Gasteiger charge is 2.09. The van der Waals surface area contributed by atoms with Crippen LogP contribution in [0.5, 0.6) is 0 Å². The van der Waals surface area contributed by atoms with Crippen LogP contribution in [0, 0.1) is 11.8 Å². The largest absolute Gasteiger partial charge is 0.356 e. The second kappa shape index (κ2) is 6.89. The quantitative estimate of drug-likeness (QED) is 0.653. The maximum Gasteiger partial charge on any atom is 0.222 e. The van der Waals surface area contributed by atoms with Gasteiger partial charge in [-0.25, -0.2) is 0 Å². The molecule has 0 heterocycles. The lowest BCUT2D eigenvalue weighted by Crippen LogP contribution is -2.32. The van der Waals surface area contributed by atoms with Crippen LogP contribution in [0.1, 0.15) is 33.6 Å². The Bertz CT molecular complexity index is 146. The summed E-state index contributed by atoms with van der Waals surface area (Å²) < 4.78 is 0. The Morgan fingerprint density at radius 3 is 2.46 bits per heavy atom. The summed E-state index contributed by atoms with van der Waals surface area (Å²) in [6.07, 6.45) is 2.07. The van der Waals surface area contributed by atoms with E-state index in [1.165, 1.54) is 0 Å². The van der Waals surface area contributed by atoms with Crippen LogP contribution in [-0.4, -0.2) is 19.0 Å². The van der Waals surface area contributed by atoms with Gasteiger partial charge in [0.1, 0.15) is 0 Å². The van der Waals surface area contributed by atoms with E-state index in [1.54, 1.807) is 0 Å². The van der Waals surface area contributed by atoms with Crippen molar-refractivity contribution >= 4 is 5.91 Å². The molecule has 0 rings (SSSR count). The summed E-state index contributed by atoms with van der Waals surface area (Å²) in [6.45, 7) is 7.40. The van der Waals surface area contributed by atoms with Crippen molar-refractivity contribution in [1.29, 1.82) is 0 Å². The van der Waals surface area contributed by atoms with Gasteiger partial charge in [-0.15, -0.1) is 0 Å². The van der Waals surface area contributed by atoms with E-state index >= 15 is 0 Å². The van der Waals surface area contributed by atoms with Gasteiger partial charge in [-0.3, -0.25) is 4.79 Å². The molecule has 0 saturated carbocycles. The topological polar surface area (TPSA) is 55.1 Å². The summed E-state index contributed by atoms with van der Waals surface area (Å²) >= 11 is 0. The summed E-state index contributed by atoms with van der Waals surface area (Å²) in [6, 6.07) is 0. The minimum Gasteiger partial charge on any atom is -0.356 e. The number of nitrogens with two attached hydrogens (primary N) is 1. The van der Waals surface area contributed by atoms with E-state index in [0.717, 1.165) is 19.4 Å². The zero-order chi connectivity index (χ0) is 10.3. The first-order valence-electron chi connectivity index (χ1n) is 5.09. The molecule has 13 heavy (non-hydrogen) atoms. The van der Waals surface area contributed by atoms with Gasteiger partial charge in [0.15, 0.2) is 0 Å². The van der Waals surface area contributed by atoms with Crippen molar-refractivity contribution in [1.82, 2.24) is 5.32 Å². The van der Waals surface area contributed by atoms with Crippen molar-refractivity contribution in [3.63, 3.8) is 0 Å². The highest BCUT2D eigenvalue weighted by atomic mass is 16.1. The Morgan fingerprint density at radius 2 is 2.08 bits per heavy atom. The van der Waals surface area contributed by atoms with E-state index in [9.17, 15) is 4.79 Å². The molecule has 1 amide bonds. The van der Waals surface area contributed by atoms with Crippen LogP contribution in [0.25, 0.3) is 0 Å². The molecule has 3 heteroatoms. The highest BCUT2D eigenvalue weighted by molar-refractivity contribution is 5.77. The van der Waals surface area contributed by atoms with Crippen molar-refractivity contribution in [2.45, 2.75) is 33.6 Å². The summed E-state index contributed by atoms with van der Waals surface area (Å²) in [5.41, 5.74) is 5.46. The molecule has 0 aliphatic carbocycles. The summed E-state index contributed by atoms with van der Waals surface area (Å²) in [5.74, 6) is 0.749. The van der Waals surface area contributed by atoms with Crippen LogP contribution in [0.3, 0.4) is 0 Å². The van der Waals surface area contributed by atoms with Crippen LogP contribution < -0.4 is 11.1 Å². The average molecular weight is 186 g/mol. The van der Waals surface area contributed by atoms with Crippen molar-refractivity contribution in [2.24, 2.45) is 17.6 Å². The maximum atomic E-state index is 11.2. The Morgan fingerprint density at radius 1 is 1.46 bits per heavy atom. The predicted octanol–water partition coefficient (Wildman–Crippen LogP) is 1.13. The third-order valence-electron chi connectivity index (χ3n) is 2.24. The molecule has 0 saturated heterocycles. The fraction of sp³-hybridized carbons (Fsp3) is 0.900. The van der Waals surface area contributed by atoms with Gasteiger partial charge in [0, 0.05) is 12.5 Å². The molecule has 0 bridgehead atoms. The van der Waals surface area contributed by atoms with Crippen LogP contribution in [0.2, 0.25) is 0 Å². The standard InChI is InChI=1S/C10H22N2O/c1-4-9(5-6-11)7-12-10(13)8(2)3/h8-9H,4-7,11H2,1-3H3,(H,12,13). The van der Waals surface area contributed by atoms with Crippen LogP contribution in [0.4, 0.5) is 0 Å². The number of carbonyl (C=O) groups is 1. The Balaban J connectivity index is 3.65. The SMILES string of the molecule is CCC(CCN)CNC(=O)C(C)C. The van der Waals surface area contributed by atoms with Gasteiger partial charge in [-0.05, 0) is 18.9 Å². The lowest BCUT2D eigenvalue weighted by molar-refractivity contribution is -0.124. The third kappa shape index (κ3) is 5.64. The van der Waals surface area contributed by atoms with E-state index in [1.807, 2.05) is 13.8 Å². The Kier molecular flexibility index (Phi) is 6.59. The zero-order valence-electron chi connectivity index (χ0n) is 8.97. The van der Waals surface area contributed by atoms with Crippen molar-refractivity contribution in [2.75, 3.05) is 13.1 Å². The number of amides is 1. The highest BCUT2D eigenvalue weighted by Crippen LogP contribution is 2.05. The van der Waals surface area contributed by atoms with Gasteiger partial charge < -0.3 is 11.1 Å². The van der Waals surface area contributed by atoms with E-state index in [-0.39, 0.29) is 11.8 Å². The first kappa shape index (κ1) is 12.4. The van der Waals surface area contributed by atoms with Crippen LogP contribution in [-0.2, 0) is 4.79 Å². The second-order valence-electron chi connectivity index (χ2n) is 3.75. The molecule has 0 fully saturated rings. The van der Waals surface area contributed by atoms with E-state index in [2.05, 4.69) is 12.2 Å². The second-order valence-corrected chi connectivity index (χ2v) is 3.75.